The molecule has 0 spiro atoms. The van der Waals surface area contributed by atoms with Crippen LogP contribution in [0.1, 0.15) is 23.1 Å². The van der Waals surface area contributed by atoms with Crippen molar-refractivity contribution in [2.24, 2.45) is 0 Å². The summed E-state index contributed by atoms with van der Waals surface area (Å²) in [4.78, 5) is 13.2. The summed E-state index contributed by atoms with van der Waals surface area (Å²) in [6.45, 7) is 3.81. The second-order valence-corrected chi connectivity index (χ2v) is 14.2. The number of pyridine rings is 2. The van der Waals surface area contributed by atoms with Crippen molar-refractivity contribution in [3.8, 4) is 0 Å². The third kappa shape index (κ3) is 5.11. The first-order valence-electron chi connectivity index (χ1n) is 8.83. The fourth-order valence-corrected chi connectivity index (χ4v) is 7.24. The van der Waals surface area contributed by atoms with Gasteiger partial charge in [0, 0.05) is 0 Å². The van der Waals surface area contributed by atoms with Crippen molar-refractivity contribution in [2.45, 2.75) is 18.7 Å². The van der Waals surface area contributed by atoms with Gasteiger partial charge in [-0.1, -0.05) is 0 Å². The number of rotatable bonds is 9. The molecule has 7 heteroatoms. The van der Waals surface area contributed by atoms with Gasteiger partial charge < -0.3 is 0 Å². The maximum absolute atomic E-state index is 11.2. The first-order chi connectivity index (χ1) is 13.1. The number of hydrogen-bond donors (Lipinski definition) is 1. The van der Waals surface area contributed by atoms with Crippen molar-refractivity contribution in [2.75, 3.05) is 12.3 Å². The summed E-state index contributed by atoms with van der Waals surface area (Å²) in [5.41, 5.74) is 0.172. The van der Waals surface area contributed by atoms with E-state index in [4.69, 9.17) is 0 Å². The normalized spacial score (nSPS) is 12.6. The summed E-state index contributed by atoms with van der Waals surface area (Å²) in [5, 5.41) is 11.2. The van der Waals surface area contributed by atoms with Crippen molar-refractivity contribution >= 4 is 26.8 Å². The Morgan fingerprint density at radius 1 is 1.00 bits per heavy atom. The third-order valence-corrected chi connectivity index (χ3v) is 11.2. The average Bonchev–Trinajstić information content (AvgIpc) is 3.20. The van der Waals surface area contributed by atoms with Gasteiger partial charge in [0.15, 0.2) is 0 Å². The van der Waals surface area contributed by atoms with E-state index in [0.29, 0.717) is 5.82 Å². The Morgan fingerprint density at radius 3 is 2.07 bits per heavy atom. The van der Waals surface area contributed by atoms with E-state index in [9.17, 15) is 5.11 Å². The van der Waals surface area contributed by atoms with Crippen molar-refractivity contribution in [1.29, 1.82) is 0 Å². The summed E-state index contributed by atoms with van der Waals surface area (Å²) in [5.74, 6) is -0.0166. The van der Waals surface area contributed by atoms with Crippen LogP contribution in [0, 0.1) is 0 Å². The van der Waals surface area contributed by atoms with Gasteiger partial charge in [0.25, 0.3) is 0 Å². The van der Waals surface area contributed by atoms with Crippen LogP contribution < -0.4 is 0 Å². The molecule has 0 radical (unpaired) electrons. The molecule has 0 aliphatic heterocycles. The van der Waals surface area contributed by atoms with E-state index in [0.717, 1.165) is 36.6 Å². The van der Waals surface area contributed by atoms with Gasteiger partial charge in [-0.3, -0.25) is 0 Å². The first-order valence-corrected chi connectivity index (χ1v) is 13.3. The minimum atomic E-state index is -1.90. The molecule has 0 aliphatic rings. The third-order valence-electron chi connectivity index (χ3n) is 4.52. The molecule has 27 heavy (non-hydrogen) atoms. The topological polar surface area (TPSA) is 63.8 Å². The molecule has 3 aromatic rings. The van der Waals surface area contributed by atoms with Crippen LogP contribution in [0.25, 0.3) is 6.20 Å². The van der Waals surface area contributed by atoms with E-state index in [1.54, 1.807) is 17.0 Å². The van der Waals surface area contributed by atoms with E-state index in [1.807, 2.05) is 55.0 Å². The molecule has 0 fully saturated rings. The second-order valence-electron chi connectivity index (χ2n) is 6.29. The molecule has 5 nitrogen and oxygen atoms in total. The quantitative estimate of drug-likeness (QED) is 0.405. The van der Waals surface area contributed by atoms with E-state index in [-0.39, 0.29) is 0 Å². The van der Waals surface area contributed by atoms with Gasteiger partial charge >= 0.3 is 167 Å². The SMILES string of the molecule is C=Cn1ccnc1C(O)P(=[Se])(CCc1ccccn1)CCc1ccccn1. The van der Waals surface area contributed by atoms with Crippen LogP contribution in [0.2, 0.25) is 0 Å². The minimum absolute atomic E-state index is 0.638. The molecule has 0 aliphatic carbocycles. The maximum atomic E-state index is 11.2. The van der Waals surface area contributed by atoms with Gasteiger partial charge in [0.1, 0.15) is 0 Å². The Labute approximate surface area is 167 Å². The van der Waals surface area contributed by atoms with Crippen LogP contribution in [0.5, 0.6) is 0 Å². The molecule has 3 heterocycles. The molecule has 3 aromatic heterocycles. The molecule has 140 valence electrons. The Kier molecular flexibility index (Phi) is 6.92. The van der Waals surface area contributed by atoms with Crippen molar-refractivity contribution < 1.29 is 5.11 Å². The fraction of sp³-hybridized carbons (Fsp3) is 0.250. The van der Waals surface area contributed by atoms with Gasteiger partial charge in [0.05, 0.1) is 0 Å². The van der Waals surface area contributed by atoms with E-state index >= 15 is 0 Å². The molecule has 1 N–H and O–H groups in total. The van der Waals surface area contributed by atoms with E-state index in [1.165, 1.54) is 0 Å². The molecule has 0 saturated heterocycles. The molecule has 1 atom stereocenters. The summed E-state index contributed by atoms with van der Waals surface area (Å²) < 4.78 is 1.79. The van der Waals surface area contributed by atoms with Crippen molar-refractivity contribution in [3.63, 3.8) is 0 Å². The van der Waals surface area contributed by atoms with Crippen LogP contribution in [0.4, 0.5) is 0 Å². The van der Waals surface area contributed by atoms with E-state index < -0.39 is 11.4 Å². The van der Waals surface area contributed by atoms with Crippen LogP contribution in [-0.4, -0.2) is 52.0 Å². The zero-order valence-electron chi connectivity index (χ0n) is 15.1. The molecule has 0 bridgehead atoms. The first kappa shape index (κ1) is 19.9. The standard InChI is InChI=1S/C20H23N4OPSe/c1-2-24-14-13-23-19(24)20(25)26(27,15-9-17-7-3-5-11-21-17)16-10-18-8-4-6-12-22-18/h2-8,11-14,20,25H,1,9-10,15-16H2. The van der Waals surface area contributed by atoms with Gasteiger partial charge in [0.2, 0.25) is 0 Å². The number of nitrogens with zero attached hydrogens (tertiary/aromatic N) is 4. The second kappa shape index (κ2) is 9.38. The molecule has 3 rings (SSSR count). The number of aryl methyl sites for hydroxylation is 2. The van der Waals surface area contributed by atoms with Gasteiger partial charge in [-0.05, 0) is 0 Å². The zero-order chi connectivity index (χ0) is 19.1. The van der Waals surface area contributed by atoms with Crippen molar-refractivity contribution in [1.82, 2.24) is 19.5 Å². The zero-order valence-corrected chi connectivity index (χ0v) is 17.7. The summed E-state index contributed by atoms with van der Waals surface area (Å²) in [6.07, 6.45) is 12.1. The number of hydrogen-bond acceptors (Lipinski definition) is 4. The predicted octanol–water partition coefficient (Wildman–Crippen LogP) is 3.35. The van der Waals surface area contributed by atoms with E-state index in [2.05, 4.69) is 36.6 Å². The van der Waals surface area contributed by atoms with Gasteiger partial charge in [-0.2, -0.15) is 0 Å². The number of aliphatic hydroxyl groups is 1. The van der Waals surface area contributed by atoms with Crippen LogP contribution in [0.15, 0.2) is 67.8 Å². The predicted molar refractivity (Wildman–Crippen MR) is 112 cm³/mol. The van der Waals surface area contributed by atoms with Gasteiger partial charge in [-0.25, -0.2) is 0 Å². The fourth-order valence-electron chi connectivity index (χ4n) is 2.95. The van der Waals surface area contributed by atoms with Crippen LogP contribution >= 0.6 is 5.51 Å². The summed E-state index contributed by atoms with van der Waals surface area (Å²) in [7, 11) is 0. The monoisotopic (exact) mass is 446 g/mol. The Morgan fingerprint density at radius 2 is 1.59 bits per heavy atom. The molecule has 0 amide bonds. The molecule has 1 unspecified atom stereocenters. The number of aromatic nitrogens is 4. The Hall–Kier alpha value is -1.84. The van der Waals surface area contributed by atoms with Crippen LogP contribution in [-0.2, 0) is 12.8 Å². The molecular weight excluding hydrogens is 422 g/mol. The summed E-state index contributed by atoms with van der Waals surface area (Å²) in [6, 6.07) is 11.9. The summed E-state index contributed by atoms with van der Waals surface area (Å²) >= 11 is 3.39. The average molecular weight is 445 g/mol. The Bertz CT molecular complexity index is 867. The molecule has 0 saturated carbocycles. The number of aliphatic hydroxyl groups excluding tert-OH is 1. The van der Waals surface area contributed by atoms with Crippen molar-refractivity contribution in [3.05, 3.63) is 85.0 Å². The molecule has 0 aromatic carbocycles. The van der Waals surface area contributed by atoms with Crippen LogP contribution in [0.3, 0.4) is 0 Å². The van der Waals surface area contributed by atoms with Gasteiger partial charge in [-0.15, -0.1) is 0 Å². The number of imidazole rings is 1. The Balaban J connectivity index is 1.82. The molecular formula is C20H23N4OPSe.